The molecule has 7 heteroatoms. The summed E-state index contributed by atoms with van der Waals surface area (Å²) in [5.41, 5.74) is 0.428. The van der Waals surface area contributed by atoms with E-state index in [0.29, 0.717) is 24.3 Å². The van der Waals surface area contributed by atoms with Crippen LogP contribution in [0, 0.1) is 22.9 Å². The first-order chi connectivity index (χ1) is 9.02. The molecule has 1 aromatic carbocycles. The zero-order valence-corrected chi connectivity index (χ0v) is 10.8. The highest BCUT2D eigenvalue weighted by Gasteiger charge is 2.29. The number of nitro benzene ring substituents is 1. The molecule has 1 aromatic rings. The van der Waals surface area contributed by atoms with Gasteiger partial charge in [0, 0.05) is 20.2 Å². The molecule has 19 heavy (non-hydrogen) atoms. The van der Waals surface area contributed by atoms with E-state index >= 15 is 0 Å². The largest absolute Gasteiger partial charge is 0.378 e. The Kier molecular flexibility index (Phi) is 3.96. The van der Waals surface area contributed by atoms with Gasteiger partial charge in [-0.2, -0.15) is 0 Å². The molecule has 1 heterocycles. The number of ether oxygens (including phenoxy) is 1. The lowest BCUT2D eigenvalue weighted by atomic mass is 10.1. The van der Waals surface area contributed by atoms with Crippen molar-refractivity contribution in [3.05, 3.63) is 33.6 Å². The molecule has 2 rings (SSSR count). The summed E-state index contributed by atoms with van der Waals surface area (Å²) in [6.45, 7) is 2.90. The molecule has 1 unspecified atom stereocenters. The van der Waals surface area contributed by atoms with Gasteiger partial charge in [-0.3, -0.25) is 10.1 Å². The number of halogens is 1. The smallest absolute Gasteiger partial charge is 0.295 e. The summed E-state index contributed by atoms with van der Waals surface area (Å²) in [6, 6.07) is 2.33. The molecule has 0 radical (unpaired) electrons. The Bertz CT molecular complexity index is 495. The minimum atomic E-state index is -0.588. The summed E-state index contributed by atoms with van der Waals surface area (Å²) >= 11 is 0. The van der Waals surface area contributed by atoms with E-state index in [9.17, 15) is 14.5 Å². The number of nitrogens with one attached hydrogen (secondary N) is 2. The Morgan fingerprint density at radius 3 is 2.89 bits per heavy atom. The van der Waals surface area contributed by atoms with Crippen LogP contribution < -0.4 is 10.6 Å². The summed E-state index contributed by atoms with van der Waals surface area (Å²) in [5, 5.41) is 17.2. The van der Waals surface area contributed by atoms with E-state index in [-0.39, 0.29) is 17.8 Å². The minimum absolute atomic E-state index is 0.0648. The van der Waals surface area contributed by atoms with Crippen molar-refractivity contribution in [2.24, 2.45) is 0 Å². The van der Waals surface area contributed by atoms with Crippen LogP contribution in [0.4, 0.5) is 15.8 Å². The number of nitrogens with zero attached hydrogens (tertiary/aromatic N) is 1. The van der Waals surface area contributed by atoms with Gasteiger partial charge >= 0.3 is 0 Å². The summed E-state index contributed by atoms with van der Waals surface area (Å²) in [7, 11) is 1.59. The van der Waals surface area contributed by atoms with Crippen LogP contribution in [0.1, 0.15) is 5.56 Å². The van der Waals surface area contributed by atoms with Gasteiger partial charge in [0.25, 0.3) is 5.69 Å². The van der Waals surface area contributed by atoms with Crippen LogP contribution in [0.3, 0.4) is 0 Å². The van der Waals surface area contributed by atoms with Crippen LogP contribution in [0.5, 0.6) is 0 Å². The topological polar surface area (TPSA) is 76.4 Å². The predicted octanol–water partition coefficient (Wildman–Crippen LogP) is 1.44. The number of rotatable bonds is 4. The van der Waals surface area contributed by atoms with E-state index in [1.807, 2.05) is 0 Å². The zero-order valence-electron chi connectivity index (χ0n) is 10.8. The van der Waals surface area contributed by atoms with E-state index in [1.165, 1.54) is 6.07 Å². The van der Waals surface area contributed by atoms with Crippen molar-refractivity contribution in [3.8, 4) is 0 Å². The van der Waals surface area contributed by atoms with Crippen molar-refractivity contribution in [2.75, 3.05) is 25.5 Å². The maximum absolute atomic E-state index is 13.4. The molecule has 0 bridgehead atoms. The standard InChI is InChI=1S/C12H16FN3O3/c1-7-3-9(11(16(17)18)4-8(7)13)15-10-5-14-6-12(10)19-2/h3-4,10,12,14-15H,5-6H2,1-2H3/t10?,12-/m0/s1. The zero-order chi connectivity index (χ0) is 14.0. The molecular formula is C12H16FN3O3. The molecular weight excluding hydrogens is 253 g/mol. The number of hydrogen-bond donors (Lipinski definition) is 2. The van der Waals surface area contributed by atoms with E-state index < -0.39 is 10.7 Å². The van der Waals surface area contributed by atoms with Gasteiger partial charge in [-0.1, -0.05) is 0 Å². The second-order valence-electron chi connectivity index (χ2n) is 4.56. The average molecular weight is 269 g/mol. The van der Waals surface area contributed by atoms with Crippen molar-refractivity contribution >= 4 is 11.4 Å². The van der Waals surface area contributed by atoms with Gasteiger partial charge in [-0.15, -0.1) is 0 Å². The van der Waals surface area contributed by atoms with Gasteiger partial charge in [0.2, 0.25) is 0 Å². The van der Waals surface area contributed by atoms with Crippen molar-refractivity contribution in [1.29, 1.82) is 0 Å². The van der Waals surface area contributed by atoms with E-state index in [2.05, 4.69) is 10.6 Å². The Morgan fingerprint density at radius 2 is 2.26 bits per heavy atom. The molecule has 1 fully saturated rings. The fourth-order valence-electron chi connectivity index (χ4n) is 2.18. The highest BCUT2D eigenvalue weighted by molar-refractivity contribution is 5.63. The maximum Gasteiger partial charge on any atom is 0.295 e. The molecule has 0 aromatic heterocycles. The van der Waals surface area contributed by atoms with Crippen molar-refractivity contribution in [2.45, 2.75) is 19.1 Å². The number of anilines is 1. The van der Waals surface area contributed by atoms with Crippen LogP contribution in [-0.2, 0) is 4.74 Å². The third-order valence-corrected chi connectivity index (χ3v) is 3.28. The molecule has 0 saturated carbocycles. The van der Waals surface area contributed by atoms with Gasteiger partial charge < -0.3 is 15.4 Å². The normalized spacial score (nSPS) is 22.5. The van der Waals surface area contributed by atoms with Crippen LogP contribution in [0.2, 0.25) is 0 Å². The van der Waals surface area contributed by atoms with Gasteiger partial charge in [-0.05, 0) is 18.6 Å². The first-order valence-corrected chi connectivity index (χ1v) is 5.97. The molecule has 2 N–H and O–H groups in total. The molecule has 2 atom stereocenters. The first kappa shape index (κ1) is 13.7. The van der Waals surface area contributed by atoms with Crippen molar-refractivity contribution < 1.29 is 14.1 Å². The lowest BCUT2D eigenvalue weighted by molar-refractivity contribution is -0.384. The molecule has 104 valence electrons. The Hall–Kier alpha value is -1.73. The Labute approximate surface area is 110 Å². The minimum Gasteiger partial charge on any atom is -0.378 e. The molecule has 1 saturated heterocycles. The molecule has 6 nitrogen and oxygen atoms in total. The van der Waals surface area contributed by atoms with E-state index in [1.54, 1.807) is 14.0 Å². The maximum atomic E-state index is 13.4. The fourth-order valence-corrected chi connectivity index (χ4v) is 2.18. The number of hydrogen-bond acceptors (Lipinski definition) is 5. The first-order valence-electron chi connectivity index (χ1n) is 5.97. The summed E-state index contributed by atoms with van der Waals surface area (Å²) in [5.74, 6) is -0.579. The Balaban J connectivity index is 2.28. The predicted molar refractivity (Wildman–Crippen MR) is 68.9 cm³/mol. The lowest BCUT2D eigenvalue weighted by Gasteiger charge is -2.20. The van der Waals surface area contributed by atoms with Gasteiger partial charge in [0.1, 0.15) is 11.5 Å². The van der Waals surface area contributed by atoms with E-state index in [4.69, 9.17) is 4.74 Å². The summed E-state index contributed by atoms with van der Waals surface area (Å²) in [6.07, 6.45) is -0.0648. The average Bonchev–Trinajstić information content (AvgIpc) is 2.80. The number of aryl methyl sites for hydroxylation is 1. The summed E-state index contributed by atoms with van der Waals surface area (Å²) < 4.78 is 18.7. The van der Waals surface area contributed by atoms with E-state index in [0.717, 1.165) is 6.07 Å². The van der Waals surface area contributed by atoms with Crippen LogP contribution in [0.15, 0.2) is 12.1 Å². The quantitative estimate of drug-likeness (QED) is 0.639. The van der Waals surface area contributed by atoms with Crippen molar-refractivity contribution in [3.63, 3.8) is 0 Å². The second kappa shape index (κ2) is 5.50. The van der Waals surface area contributed by atoms with Crippen LogP contribution in [-0.4, -0.2) is 37.3 Å². The third kappa shape index (κ3) is 2.82. The third-order valence-electron chi connectivity index (χ3n) is 3.28. The number of benzene rings is 1. The van der Waals surface area contributed by atoms with Crippen molar-refractivity contribution in [1.82, 2.24) is 5.32 Å². The fraction of sp³-hybridized carbons (Fsp3) is 0.500. The number of methoxy groups -OCH3 is 1. The number of nitro groups is 1. The monoisotopic (exact) mass is 269 g/mol. The lowest BCUT2D eigenvalue weighted by Crippen LogP contribution is -2.33. The van der Waals surface area contributed by atoms with Gasteiger partial charge in [0.05, 0.1) is 23.1 Å². The van der Waals surface area contributed by atoms with Gasteiger partial charge in [0.15, 0.2) is 0 Å². The molecule has 0 aliphatic carbocycles. The Morgan fingerprint density at radius 1 is 1.53 bits per heavy atom. The molecule has 0 amide bonds. The molecule has 1 aliphatic rings. The van der Waals surface area contributed by atoms with Crippen LogP contribution in [0.25, 0.3) is 0 Å². The van der Waals surface area contributed by atoms with Gasteiger partial charge in [-0.25, -0.2) is 4.39 Å². The molecule has 0 spiro atoms. The molecule has 1 aliphatic heterocycles. The summed E-state index contributed by atoms with van der Waals surface area (Å²) in [4.78, 5) is 10.4. The second-order valence-corrected chi connectivity index (χ2v) is 4.56. The SMILES string of the molecule is CO[C@H]1CNCC1Nc1cc(C)c(F)cc1[N+](=O)[O-]. The van der Waals surface area contributed by atoms with Crippen LogP contribution >= 0.6 is 0 Å². The highest BCUT2D eigenvalue weighted by atomic mass is 19.1. The highest BCUT2D eigenvalue weighted by Crippen LogP contribution is 2.29.